The number of hydrogen-bond donors (Lipinski definition) is 2. The standard InChI is InChI=1S/C14H13ClN2O3/c1-9-6-11(2-5-14(9)18)16-8-10-7-12(17(19)20)3-4-13(10)15/h2-7,16,18H,8H2,1H3. The summed E-state index contributed by atoms with van der Waals surface area (Å²) in [6, 6.07) is 9.44. The van der Waals surface area contributed by atoms with Gasteiger partial charge in [0.1, 0.15) is 5.75 Å². The first-order valence-corrected chi connectivity index (χ1v) is 6.31. The summed E-state index contributed by atoms with van der Waals surface area (Å²) in [5.74, 6) is 0.226. The molecule has 0 saturated carbocycles. The van der Waals surface area contributed by atoms with Gasteiger partial charge in [-0.05, 0) is 42.3 Å². The number of nitrogens with one attached hydrogen (secondary N) is 1. The fraction of sp³-hybridized carbons (Fsp3) is 0.143. The first-order chi connectivity index (χ1) is 9.47. The molecule has 6 heteroatoms. The smallest absolute Gasteiger partial charge is 0.269 e. The first kappa shape index (κ1) is 14.1. The van der Waals surface area contributed by atoms with Crippen molar-refractivity contribution in [1.29, 1.82) is 0 Å². The molecule has 0 aliphatic heterocycles. The lowest BCUT2D eigenvalue weighted by Crippen LogP contribution is -2.01. The molecule has 0 radical (unpaired) electrons. The van der Waals surface area contributed by atoms with Gasteiger partial charge in [0.25, 0.3) is 5.69 Å². The number of aryl methyl sites for hydroxylation is 1. The number of nitro benzene ring substituents is 1. The van der Waals surface area contributed by atoms with E-state index in [2.05, 4.69) is 5.32 Å². The minimum Gasteiger partial charge on any atom is -0.508 e. The maximum atomic E-state index is 10.7. The lowest BCUT2D eigenvalue weighted by atomic mass is 10.1. The van der Waals surface area contributed by atoms with Crippen molar-refractivity contribution in [3.63, 3.8) is 0 Å². The van der Waals surface area contributed by atoms with Gasteiger partial charge in [-0.15, -0.1) is 0 Å². The molecule has 0 unspecified atom stereocenters. The molecule has 0 bridgehead atoms. The van der Waals surface area contributed by atoms with Gasteiger partial charge in [0.05, 0.1) is 4.92 Å². The van der Waals surface area contributed by atoms with Crippen LogP contribution < -0.4 is 5.32 Å². The largest absolute Gasteiger partial charge is 0.508 e. The van der Waals surface area contributed by atoms with Crippen LogP contribution in [0.2, 0.25) is 5.02 Å². The molecule has 2 N–H and O–H groups in total. The van der Waals surface area contributed by atoms with Crippen LogP contribution in [0.3, 0.4) is 0 Å². The summed E-state index contributed by atoms with van der Waals surface area (Å²) in [7, 11) is 0. The van der Waals surface area contributed by atoms with Crippen molar-refractivity contribution in [2.75, 3.05) is 5.32 Å². The van der Waals surface area contributed by atoms with Crippen LogP contribution in [0.25, 0.3) is 0 Å². The second-order valence-corrected chi connectivity index (χ2v) is 4.79. The number of nitrogens with zero attached hydrogens (tertiary/aromatic N) is 1. The molecule has 2 rings (SSSR count). The van der Waals surface area contributed by atoms with E-state index in [1.807, 2.05) is 0 Å². The maximum Gasteiger partial charge on any atom is 0.269 e. The van der Waals surface area contributed by atoms with Crippen molar-refractivity contribution in [3.8, 4) is 5.75 Å². The molecule has 0 aliphatic rings. The quantitative estimate of drug-likeness (QED) is 0.509. The average Bonchev–Trinajstić information content (AvgIpc) is 2.41. The van der Waals surface area contributed by atoms with Crippen molar-refractivity contribution in [1.82, 2.24) is 0 Å². The van der Waals surface area contributed by atoms with Crippen molar-refractivity contribution in [2.24, 2.45) is 0 Å². The number of aromatic hydroxyl groups is 1. The zero-order chi connectivity index (χ0) is 14.7. The van der Waals surface area contributed by atoms with Gasteiger partial charge in [-0.3, -0.25) is 10.1 Å². The Bertz CT molecular complexity index is 659. The fourth-order valence-corrected chi connectivity index (χ4v) is 1.96. The van der Waals surface area contributed by atoms with E-state index in [4.69, 9.17) is 11.6 Å². The van der Waals surface area contributed by atoms with Gasteiger partial charge in [0.2, 0.25) is 0 Å². The number of hydrogen-bond acceptors (Lipinski definition) is 4. The van der Waals surface area contributed by atoms with Crippen LogP contribution >= 0.6 is 11.6 Å². The maximum absolute atomic E-state index is 10.7. The van der Waals surface area contributed by atoms with Crippen LogP contribution in [0.15, 0.2) is 36.4 Å². The molecule has 0 fully saturated rings. The summed E-state index contributed by atoms with van der Waals surface area (Å²) in [5.41, 5.74) is 2.21. The van der Waals surface area contributed by atoms with E-state index in [-0.39, 0.29) is 11.4 Å². The molecule has 20 heavy (non-hydrogen) atoms. The Hall–Kier alpha value is -2.27. The predicted molar refractivity (Wildman–Crippen MR) is 78.3 cm³/mol. The molecule has 0 atom stereocenters. The number of phenolic OH excluding ortho intramolecular Hbond substituents is 1. The predicted octanol–water partition coefficient (Wildman–Crippen LogP) is 3.87. The van der Waals surface area contributed by atoms with Crippen molar-refractivity contribution in [3.05, 3.63) is 62.7 Å². The molecule has 5 nitrogen and oxygen atoms in total. The van der Waals surface area contributed by atoms with Gasteiger partial charge in [-0.2, -0.15) is 0 Å². The molecule has 0 aromatic heterocycles. The number of anilines is 1. The van der Waals surface area contributed by atoms with E-state index in [9.17, 15) is 15.2 Å². The van der Waals surface area contributed by atoms with Crippen molar-refractivity contribution >= 4 is 23.0 Å². The summed E-state index contributed by atoms with van der Waals surface area (Å²) < 4.78 is 0. The Morgan fingerprint density at radius 1 is 1.30 bits per heavy atom. The number of benzene rings is 2. The van der Waals surface area contributed by atoms with Gasteiger partial charge in [-0.25, -0.2) is 0 Å². The van der Waals surface area contributed by atoms with E-state index in [0.29, 0.717) is 17.1 Å². The van der Waals surface area contributed by atoms with Crippen molar-refractivity contribution in [2.45, 2.75) is 13.5 Å². The summed E-state index contributed by atoms with van der Waals surface area (Å²) >= 11 is 6.02. The van der Waals surface area contributed by atoms with Crippen LogP contribution in [-0.4, -0.2) is 10.0 Å². The topological polar surface area (TPSA) is 75.4 Å². The van der Waals surface area contributed by atoms with E-state index in [0.717, 1.165) is 11.3 Å². The third-order valence-corrected chi connectivity index (χ3v) is 3.29. The van der Waals surface area contributed by atoms with Gasteiger partial charge >= 0.3 is 0 Å². The molecule has 0 spiro atoms. The molecule has 2 aromatic carbocycles. The van der Waals surface area contributed by atoms with Gasteiger partial charge < -0.3 is 10.4 Å². The van der Waals surface area contributed by atoms with Crippen LogP contribution in [-0.2, 0) is 6.54 Å². The minimum absolute atomic E-state index is 0.00749. The Kier molecular flexibility index (Phi) is 4.10. The second-order valence-electron chi connectivity index (χ2n) is 4.39. The molecule has 0 saturated heterocycles. The highest BCUT2D eigenvalue weighted by Crippen LogP contribution is 2.24. The van der Waals surface area contributed by atoms with E-state index in [1.165, 1.54) is 18.2 Å². The third-order valence-electron chi connectivity index (χ3n) is 2.92. The van der Waals surface area contributed by atoms with Crippen LogP contribution in [0.1, 0.15) is 11.1 Å². The summed E-state index contributed by atoms with van der Waals surface area (Å²) in [5, 5.41) is 23.8. The minimum atomic E-state index is -0.454. The summed E-state index contributed by atoms with van der Waals surface area (Å²) in [6.45, 7) is 2.16. The summed E-state index contributed by atoms with van der Waals surface area (Å²) in [4.78, 5) is 10.3. The van der Waals surface area contributed by atoms with Gasteiger partial charge in [0.15, 0.2) is 0 Å². The first-order valence-electron chi connectivity index (χ1n) is 5.93. The van der Waals surface area contributed by atoms with Crippen molar-refractivity contribution < 1.29 is 10.0 Å². The molecule has 104 valence electrons. The molecular weight excluding hydrogens is 280 g/mol. The highest BCUT2D eigenvalue weighted by Gasteiger charge is 2.09. The Labute approximate surface area is 121 Å². The van der Waals surface area contributed by atoms with Gasteiger partial charge in [-0.1, -0.05) is 11.6 Å². The molecule has 0 heterocycles. The van der Waals surface area contributed by atoms with E-state index >= 15 is 0 Å². The molecule has 0 aliphatic carbocycles. The van der Waals surface area contributed by atoms with Crippen LogP contribution in [0.4, 0.5) is 11.4 Å². The number of nitro groups is 1. The molecular formula is C14H13ClN2O3. The Balaban J connectivity index is 2.15. The lowest BCUT2D eigenvalue weighted by molar-refractivity contribution is -0.384. The fourth-order valence-electron chi connectivity index (χ4n) is 1.77. The van der Waals surface area contributed by atoms with E-state index in [1.54, 1.807) is 25.1 Å². The van der Waals surface area contributed by atoms with Gasteiger partial charge in [0, 0.05) is 29.4 Å². The highest BCUT2D eigenvalue weighted by atomic mass is 35.5. The number of rotatable bonds is 4. The third kappa shape index (κ3) is 3.19. The van der Waals surface area contributed by atoms with E-state index < -0.39 is 4.92 Å². The normalized spacial score (nSPS) is 10.3. The Morgan fingerprint density at radius 2 is 2.05 bits per heavy atom. The lowest BCUT2D eigenvalue weighted by Gasteiger charge is -2.09. The number of non-ortho nitro benzene ring substituents is 1. The summed E-state index contributed by atoms with van der Waals surface area (Å²) in [6.07, 6.45) is 0. The average molecular weight is 293 g/mol. The SMILES string of the molecule is Cc1cc(NCc2cc([N+](=O)[O-])ccc2Cl)ccc1O. The van der Waals surface area contributed by atoms with Crippen LogP contribution in [0, 0.1) is 17.0 Å². The molecule has 2 aromatic rings. The highest BCUT2D eigenvalue weighted by molar-refractivity contribution is 6.31. The zero-order valence-corrected chi connectivity index (χ0v) is 11.5. The number of halogens is 1. The zero-order valence-electron chi connectivity index (χ0n) is 10.8. The Morgan fingerprint density at radius 3 is 2.70 bits per heavy atom. The number of phenols is 1. The second kappa shape index (κ2) is 5.79. The molecule has 0 amide bonds. The van der Waals surface area contributed by atoms with Crippen LogP contribution in [0.5, 0.6) is 5.75 Å². The monoisotopic (exact) mass is 292 g/mol.